The molecule has 1 aromatic carbocycles. The molecule has 0 bridgehead atoms. The largest absolute Gasteiger partial charge is 0.367 e. The van der Waals surface area contributed by atoms with Gasteiger partial charge in [0.1, 0.15) is 0 Å². The van der Waals surface area contributed by atoms with Gasteiger partial charge in [-0.05, 0) is 19.1 Å². The number of hydrogen-bond acceptors (Lipinski definition) is 4. The van der Waals surface area contributed by atoms with Gasteiger partial charge in [-0.2, -0.15) is 0 Å². The Morgan fingerprint density at radius 3 is 2.77 bits per heavy atom. The summed E-state index contributed by atoms with van der Waals surface area (Å²) in [5.41, 5.74) is 6.36. The number of nitrogens with zero attached hydrogens (tertiary/aromatic N) is 2. The van der Waals surface area contributed by atoms with Gasteiger partial charge in [0.2, 0.25) is 5.91 Å². The van der Waals surface area contributed by atoms with E-state index in [9.17, 15) is 9.59 Å². The first-order valence-corrected chi connectivity index (χ1v) is 6.94. The SMILES string of the molecule is C[C@@]1(C2=NC(C(N)=O)C=Nc3ccccc32)C=CC=CC1=O. The summed E-state index contributed by atoms with van der Waals surface area (Å²) in [6.07, 6.45) is 8.21. The van der Waals surface area contributed by atoms with Crippen molar-refractivity contribution >= 4 is 29.3 Å². The molecule has 1 unspecified atom stereocenters. The number of aliphatic imine (C=N–C) groups is 2. The van der Waals surface area contributed by atoms with Crippen LogP contribution in [0.25, 0.3) is 0 Å². The number of carbonyl (C=O) groups excluding carboxylic acids is 2. The first-order valence-electron chi connectivity index (χ1n) is 6.94. The van der Waals surface area contributed by atoms with Crippen molar-refractivity contribution in [3.63, 3.8) is 0 Å². The predicted octanol–water partition coefficient (Wildman–Crippen LogP) is 1.75. The summed E-state index contributed by atoms with van der Waals surface area (Å²) < 4.78 is 0. The van der Waals surface area contributed by atoms with E-state index in [1.54, 1.807) is 25.2 Å². The molecule has 0 aromatic heterocycles. The molecule has 0 fully saturated rings. The first kappa shape index (κ1) is 14.1. The van der Waals surface area contributed by atoms with Gasteiger partial charge in [-0.1, -0.05) is 36.4 Å². The third-order valence-corrected chi connectivity index (χ3v) is 3.87. The van der Waals surface area contributed by atoms with E-state index in [1.165, 1.54) is 12.3 Å². The number of primary amides is 1. The summed E-state index contributed by atoms with van der Waals surface area (Å²) in [7, 11) is 0. The van der Waals surface area contributed by atoms with Crippen molar-refractivity contribution in [2.45, 2.75) is 13.0 Å². The second kappa shape index (κ2) is 5.18. The number of rotatable bonds is 2. The zero-order valence-corrected chi connectivity index (χ0v) is 12.1. The summed E-state index contributed by atoms with van der Waals surface area (Å²) in [4.78, 5) is 32.8. The van der Waals surface area contributed by atoms with Crippen LogP contribution in [0.4, 0.5) is 5.69 Å². The molecule has 0 spiro atoms. The Hall–Kier alpha value is -2.82. The van der Waals surface area contributed by atoms with Gasteiger partial charge in [0.15, 0.2) is 11.8 Å². The molecule has 5 nitrogen and oxygen atoms in total. The molecular formula is C17H15N3O2. The number of nitrogens with two attached hydrogens (primary N) is 1. The van der Waals surface area contributed by atoms with Crippen LogP contribution in [-0.2, 0) is 9.59 Å². The number of allylic oxidation sites excluding steroid dienone is 4. The fraction of sp³-hybridized carbons (Fsp3) is 0.176. The summed E-state index contributed by atoms with van der Waals surface area (Å²) in [5.74, 6) is -0.686. The maximum absolute atomic E-state index is 12.4. The van der Waals surface area contributed by atoms with Crippen molar-refractivity contribution in [1.29, 1.82) is 0 Å². The Labute approximate surface area is 128 Å². The molecule has 1 amide bonds. The third-order valence-electron chi connectivity index (χ3n) is 3.87. The highest BCUT2D eigenvalue weighted by Crippen LogP contribution is 2.34. The van der Waals surface area contributed by atoms with E-state index in [0.29, 0.717) is 11.4 Å². The minimum atomic E-state index is -0.938. The number of carbonyl (C=O) groups is 2. The maximum atomic E-state index is 12.4. The third kappa shape index (κ3) is 2.20. The van der Waals surface area contributed by atoms with E-state index in [-0.39, 0.29) is 5.78 Å². The van der Waals surface area contributed by atoms with Gasteiger partial charge >= 0.3 is 0 Å². The fourth-order valence-electron chi connectivity index (χ4n) is 2.57. The molecule has 0 saturated carbocycles. The zero-order valence-electron chi connectivity index (χ0n) is 12.1. The van der Waals surface area contributed by atoms with Crippen molar-refractivity contribution in [1.82, 2.24) is 0 Å². The molecule has 110 valence electrons. The smallest absolute Gasteiger partial charge is 0.247 e. The van der Waals surface area contributed by atoms with Gasteiger partial charge in [0, 0.05) is 11.8 Å². The van der Waals surface area contributed by atoms with Crippen LogP contribution in [0.3, 0.4) is 0 Å². The summed E-state index contributed by atoms with van der Waals surface area (Å²) in [6, 6.07) is 6.48. The van der Waals surface area contributed by atoms with Crippen molar-refractivity contribution in [3.05, 3.63) is 54.1 Å². The van der Waals surface area contributed by atoms with Gasteiger partial charge in [-0.25, -0.2) is 0 Å². The summed E-state index contributed by atoms with van der Waals surface area (Å²) >= 11 is 0. The van der Waals surface area contributed by atoms with Crippen molar-refractivity contribution in [3.8, 4) is 0 Å². The number of para-hydroxylation sites is 1. The van der Waals surface area contributed by atoms with E-state index in [2.05, 4.69) is 9.98 Å². The minimum absolute atomic E-state index is 0.0892. The normalized spacial score (nSPS) is 26.3. The second-order valence-corrected chi connectivity index (χ2v) is 5.41. The monoisotopic (exact) mass is 293 g/mol. The van der Waals surface area contributed by atoms with E-state index in [4.69, 9.17) is 5.73 Å². The number of hydrogen-bond donors (Lipinski definition) is 1. The molecule has 3 rings (SSSR count). The highest BCUT2D eigenvalue weighted by Gasteiger charge is 2.38. The second-order valence-electron chi connectivity index (χ2n) is 5.41. The molecule has 2 N–H and O–H groups in total. The summed E-state index contributed by atoms with van der Waals surface area (Å²) in [5, 5.41) is 0. The Balaban J connectivity index is 2.23. The molecule has 22 heavy (non-hydrogen) atoms. The van der Waals surface area contributed by atoms with Crippen LogP contribution < -0.4 is 5.73 Å². The minimum Gasteiger partial charge on any atom is -0.367 e. The standard InChI is InChI=1S/C17H15N3O2/c1-17(9-5-4-8-14(17)21)15-11-6-2-3-7-12(11)19-10-13(20-15)16(18)22/h2-10,13H,1H3,(H2,18,22)/t13?,17-/m1/s1. The number of amides is 1. The molecule has 0 radical (unpaired) electrons. The topological polar surface area (TPSA) is 84.9 Å². The molecule has 0 saturated heterocycles. The quantitative estimate of drug-likeness (QED) is 0.900. The Bertz CT molecular complexity index is 774. The average Bonchev–Trinajstić information content (AvgIpc) is 2.70. The zero-order chi connectivity index (χ0) is 15.7. The van der Waals surface area contributed by atoms with Crippen LogP contribution in [0.1, 0.15) is 12.5 Å². The van der Waals surface area contributed by atoms with Crippen LogP contribution in [0, 0.1) is 5.41 Å². The Morgan fingerprint density at radius 1 is 1.27 bits per heavy atom. The Morgan fingerprint density at radius 2 is 2.05 bits per heavy atom. The lowest BCUT2D eigenvalue weighted by Crippen LogP contribution is -2.38. The lowest BCUT2D eigenvalue weighted by molar-refractivity contribution is -0.119. The van der Waals surface area contributed by atoms with E-state index >= 15 is 0 Å². The van der Waals surface area contributed by atoms with Crippen LogP contribution in [0.15, 0.2) is 58.6 Å². The lowest BCUT2D eigenvalue weighted by atomic mass is 9.75. The van der Waals surface area contributed by atoms with Gasteiger partial charge in [-0.15, -0.1) is 0 Å². The van der Waals surface area contributed by atoms with Gasteiger partial charge in [0.05, 0.1) is 16.8 Å². The lowest BCUT2D eigenvalue weighted by Gasteiger charge is -2.27. The first-order chi connectivity index (χ1) is 10.5. The molecular weight excluding hydrogens is 278 g/mol. The molecule has 2 atom stereocenters. The fourth-order valence-corrected chi connectivity index (χ4v) is 2.57. The summed E-state index contributed by atoms with van der Waals surface area (Å²) in [6.45, 7) is 1.79. The molecule has 2 aliphatic rings. The molecule has 1 aliphatic carbocycles. The number of ketones is 1. The van der Waals surface area contributed by atoms with Crippen molar-refractivity contribution in [2.24, 2.45) is 21.1 Å². The van der Waals surface area contributed by atoms with Crippen LogP contribution >= 0.6 is 0 Å². The highest BCUT2D eigenvalue weighted by atomic mass is 16.1. The van der Waals surface area contributed by atoms with E-state index < -0.39 is 17.4 Å². The van der Waals surface area contributed by atoms with E-state index in [1.807, 2.05) is 24.3 Å². The van der Waals surface area contributed by atoms with Crippen LogP contribution in [-0.4, -0.2) is 29.7 Å². The number of benzene rings is 1. The van der Waals surface area contributed by atoms with Crippen molar-refractivity contribution in [2.75, 3.05) is 0 Å². The van der Waals surface area contributed by atoms with Crippen molar-refractivity contribution < 1.29 is 9.59 Å². The van der Waals surface area contributed by atoms with Gasteiger partial charge in [0.25, 0.3) is 0 Å². The van der Waals surface area contributed by atoms with Gasteiger partial charge < -0.3 is 5.73 Å². The predicted molar refractivity (Wildman–Crippen MR) is 85.5 cm³/mol. The van der Waals surface area contributed by atoms with Gasteiger partial charge in [-0.3, -0.25) is 19.6 Å². The molecule has 1 heterocycles. The average molecular weight is 293 g/mol. The van der Waals surface area contributed by atoms with Crippen LogP contribution in [0.2, 0.25) is 0 Å². The Kier molecular flexibility index (Phi) is 3.33. The molecule has 5 heteroatoms. The number of fused-ring (bicyclic) bond motifs is 1. The maximum Gasteiger partial charge on any atom is 0.247 e. The highest BCUT2D eigenvalue weighted by molar-refractivity contribution is 6.24. The molecule has 1 aromatic rings. The van der Waals surface area contributed by atoms with Crippen LogP contribution in [0.5, 0.6) is 0 Å². The van der Waals surface area contributed by atoms with E-state index in [0.717, 1.165) is 5.56 Å². The molecule has 1 aliphatic heterocycles.